The van der Waals surface area contributed by atoms with Crippen LogP contribution in [0.25, 0.3) is 0 Å². The Morgan fingerprint density at radius 2 is 1.81 bits per heavy atom. The fourth-order valence-electron chi connectivity index (χ4n) is 5.45. The zero-order valence-corrected chi connectivity index (χ0v) is 26.8. The molecule has 0 amide bonds. The number of ether oxygens (including phenoxy) is 1. The first-order chi connectivity index (χ1) is 19.9. The van der Waals surface area contributed by atoms with Gasteiger partial charge in [0.1, 0.15) is 10.8 Å². The Bertz CT molecular complexity index is 1490. The Kier molecular flexibility index (Phi) is 8.91. The molecule has 226 valence electrons. The first kappa shape index (κ1) is 30.4. The van der Waals surface area contributed by atoms with Crippen LogP contribution in [-0.2, 0) is 17.8 Å². The topological polar surface area (TPSA) is 114 Å². The van der Waals surface area contributed by atoms with E-state index in [0.717, 1.165) is 37.1 Å². The zero-order chi connectivity index (χ0) is 30.3. The lowest BCUT2D eigenvalue weighted by Gasteiger charge is -2.41. The number of hydrogen-bond acceptors (Lipinski definition) is 9. The predicted octanol–water partition coefficient (Wildman–Crippen LogP) is 6.08. The van der Waals surface area contributed by atoms with Crippen LogP contribution in [0.4, 0.5) is 23.1 Å². The highest BCUT2D eigenvalue weighted by Crippen LogP contribution is 2.42. The van der Waals surface area contributed by atoms with Crippen LogP contribution in [0.2, 0.25) is 5.02 Å². The maximum atomic E-state index is 12.8. The molecule has 5 rings (SSSR count). The Balaban J connectivity index is 1.42. The van der Waals surface area contributed by atoms with Crippen molar-refractivity contribution in [3.63, 3.8) is 0 Å². The summed E-state index contributed by atoms with van der Waals surface area (Å²) in [7, 11) is 2.18. The van der Waals surface area contributed by atoms with Crippen molar-refractivity contribution in [2.75, 3.05) is 17.7 Å². The van der Waals surface area contributed by atoms with E-state index >= 15 is 0 Å². The van der Waals surface area contributed by atoms with Crippen LogP contribution in [0, 0.1) is 6.92 Å². The summed E-state index contributed by atoms with van der Waals surface area (Å²) in [6.07, 6.45) is 7.65. The monoisotopic (exact) mass is 613 g/mol. The second kappa shape index (κ2) is 12.3. The highest BCUT2D eigenvalue weighted by molar-refractivity contribution is 8.01. The quantitative estimate of drug-likeness (QED) is 0.296. The molecule has 3 unspecified atom stereocenters. The first-order valence-corrected chi connectivity index (χ1v) is 16.1. The molecule has 3 heterocycles. The second-order valence-corrected chi connectivity index (χ2v) is 14.2. The van der Waals surface area contributed by atoms with Crippen molar-refractivity contribution in [2.45, 2.75) is 89.7 Å². The number of aromatic nitrogens is 4. The van der Waals surface area contributed by atoms with E-state index in [2.05, 4.69) is 70.6 Å². The van der Waals surface area contributed by atoms with E-state index < -0.39 is 15.9 Å². The van der Waals surface area contributed by atoms with Crippen molar-refractivity contribution >= 4 is 50.7 Å². The number of piperidine rings is 1. The zero-order valence-electron chi connectivity index (χ0n) is 25.3. The Hall–Kier alpha value is -3.02. The van der Waals surface area contributed by atoms with Crippen molar-refractivity contribution in [1.82, 2.24) is 24.6 Å². The van der Waals surface area contributed by atoms with Gasteiger partial charge in [0, 0.05) is 30.6 Å². The SMILES string of the molecule is Cc1cc(Nc2ncc(Cl)c(Nc3cn(C)nc3C(=O)S(=O)C(C)C)n2)c(OC2CC2)cc1C1CC(C)N(C)C(C)C1. The summed E-state index contributed by atoms with van der Waals surface area (Å²) >= 11 is 6.46. The second-order valence-electron chi connectivity index (χ2n) is 11.9. The van der Waals surface area contributed by atoms with E-state index in [1.54, 1.807) is 27.1 Å². The van der Waals surface area contributed by atoms with Gasteiger partial charge in [-0.3, -0.25) is 13.7 Å². The molecule has 2 aromatic heterocycles. The highest BCUT2D eigenvalue weighted by Gasteiger charge is 2.32. The molecule has 1 saturated heterocycles. The van der Waals surface area contributed by atoms with Crippen LogP contribution >= 0.6 is 11.6 Å². The van der Waals surface area contributed by atoms with Gasteiger partial charge in [-0.2, -0.15) is 10.1 Å². The largest absolute Gasteiger partial charge is 0.488 e. The fourth-order valence-corrected chi connectivity index (χ4v) is 6.36. The standard InChI is InChI=1S/C30H40ClN7O3S/c1-16(2)42(40)29(39)27-25(15-37(6)36-27)33-28-23(31)14-32-30(35-28)34-24-10-17(3)22(13-26(24)41-21-8-9-21)20-11-18(4)38(7)19(5)12-20/h10,13-16,18-21H,8-9,11-12H2,1-7H3,(H2,32,33,34,35). The molecule has 10 nitrogen and oxygen atoms in total. The molecule has 42 heavy (non-hydrogen) atoms. The number of nitrogens with one attached hydrogen (secondary N) is 2. The number of likely N-dealkylation sites (tertiary alicyclic amines) is 1. The maximum Gasteiger partial charge on any atom is 0.271 e. The molecule has 3 atom stereocenters. The van der Waals surface area contributed by atoms with Crippen molar-refractivity contribution in [1.29, 1.82) is 0 Å². The lowest BCUT2D eigenvalue weighted by Crippen LogP contribution is -2.43. The van der Waals surface area contributed by atoms with Crippen molar-refractivity contribution in [3.8, 4) is 5.75 Å². The lowest BCUT2D eigenvalue weighted by molar-refractivity contribution is 0.107. The van der Waals surface area contributed by atoms with Gasteiger partial charge in [0.15, 0.2) is 11.5 Å². The summed E-state index contributed by atoms with van der Waals surface area (Å²) in [5, 5.41) is 10.0. The third-order valence-electron chi connectivity index (χ3n) is 8.14. The maximum absolute atomic E-state index is 12.8. The Morgan fingerprint density at radius 1 is 1.12 bits per heavy atom. The molecule has 2 aliphatic rings. The molecule has 1 aliphatic heterocycles. The van der Waals surface area contributed by atoms with Crippen LogP contribution < -0.4 is 15.4 Å². The predicted molar refractivity (Wildman–Crippen MR) is 168 cm³/mol. The minimum Gasteiger partial charge on any atom is -0.488 e. The van der Waals surface area contributed by atoms with E-state index in [1.165, 1.54) is 22.0 Å². The van der Waals surface area contributed by atoms with E-state index in [0.29, 0.717) is 35.5 Å². The summed E-state index contributed by atoms with van der Waals surface area (Å²) in [4.78, 5) is 24.3. The Labute approximate surface area is 255 Å². The molecule has 0 spiro atoms. The number of benzene rings is 1. The molecule has 3 aromatic rings. The summed E-state index contributed by atoms with van der Waals surface area (Å²) in [6, 6.07) is 5.34. The molecule has 2 N–H and O–H groups in total. The van der Waals surface area contributed by atoms with Gasteiger partial charge in [-0.25, -0.2) is 4.98 Å². The summed E-state index contributed by atoms with van der Waals surface area (Å²) < 4.78 is 20.4. The van der Waals surface area contributed by atoms with Gasteiger partial charge < -0.3 is 20.3 Å². The van der Waals surface area contributed by atoms with Gasteiger partial charge in [-0.15, -0.1) is 0 Å². The normalized spacial score (nSPS) is 21.8. The van der Waals surface area contributed by atoms with Crippen LogP contribution in [-0.4, -0.2) is 64.5 Å². The van der Waals surface area contributed by atoms with Gasteiger partial charge in [-0.05, 0) is 82.7 Å². The molecular weight excluding hydrogens is 574 g/mol. The number of carbonyl (C=O) groups is 1. The minimum absolute atomic E-state index is 0.0672. The molecule has 1 saturated carbocycles. The Morgan fingerprint density at radius 3 is 2.45 bits per heavy atom. The molecular formula is C30H40ClN7O3S. The molecule has 0 bridgehead atoms. The average Bonchev–Trinajstić information content (AvgIpc) is 3.68. The smallest absolute Gasteiger partial charge is 0.271 e. The third kappa shape index (κ3) is 6.63. The summed E-state index contributed by atoms with van der Waals surface area (Å²) in [5.74, 6) is 1.87. The number of halogens is 1. The van der Waals surface area contributed by atoms with E-state index in [-0.39, 0.29) is 22.1 Å². The van der Waals surface area contributed by atoms with Gasteiger partial charge in [0.25, 0.3) is 5.12 Å². The van der Waals surface area contributed by atoms with Crippen LogP contribution in [0.3, 0.4) is 0 Å². The number of aryl methyl sites for hydroxylation is 2. The van der Waals surface area contributed by atoms with E-state index in [1.807, 2.05) is 0 Å². The van der Waals surface area contributed by atoms with Crippen molar-refractivity contribution in [3.05, 3.63) is 46.4 Å². The molecule has 0 radical (unpaired) electrons. The van der Waals surface area contributed by atoms with Gasteiger partial charge >= 0.3 is 0 Å². The van der Waals surface area contributed by atoms with Crippen LogP contribution in [0.15, 0.2) is 24.5 Å². The van der Waals surface area contributed by atoms with Crippen LogP contribution in [0.1, 0.15) is 80.9 Å². The molecule has 1 aliphatic carbocycles. The average molecular weight is 614 g/mol. The number of hydrogen-bond donors (Lipinski definition) is 2. The third-order valence-corrected chi connectivity index (χ3v) is 9.84. The van der Waals surface area contributed by atoms with E-state index in [9.17, 15) is 9.00 Å². The summed E-state index contributed by atoms with van der Waals surface area (Å²) in [6.45, 7) is 10.2. The van der Waals surface area contributed by atoms with Gasteiger partial charge in [0.2, 0.25) is 5.95 Å². The number of rotatable bonds is 9. The van der Waals surface area contributed by atoms with E-state index in [4.69, 9.17) is 16.3 Å². The highest BCUT2D eigenvalue weighted by atomic mass is 35.5. The van der Waals surface area contributed by atoms with Crippen LogP contribution in [0.5, 0.6) is 5.75 Å². The fraction of sp³-hybridized carbons (Fsp3) is 0.533. The minimum atomic E-state index is -1.72. The van der Waals surface area contributed by atoms with Gasteiger partial charge in [-0.1, -0.05) is 25.4 Å². The molecule has 1 aromatic carbocycles. The number of anilines is 4. The lowest BCUT2D eigenvalue weighted by atomic mass is 9.81. The number of nitrogens with zero attached hydrogens (tertiary/aromatic N) is 5. The molecule has 12 heteroatoms. The van der Waals surface area contributed by atoms with Crippen molar-refractivity contribution < 1.29 is 13.7 Å². The summed E-state index contributed by atoms with van der Waals surface area (Å²) in [5.41, 5.74) is 3.74. The van der Waals surface area contributed by atoms with Crippen molar-refractivity contribution in [2.24, 2.45) is 7.05 Å². The molecule has 2 fully saturated rings. The van der Waals surface area contributed by atoms with Gasteiger partial charge in [0.05, 0.1) is 34.5 Å². The number of carbonyl (C=O) groups excluding carboxylic acids is 1. The first-order valence-electron chi connectivity index (χ1n) is 14.5.